The maximum atomic E-state index is 12.6. The maximum Gasteiger partial charge on any atom is 0.377 e. The molecule has 17 heavy (non-hydrogen) atoms. The van der Waals surface area contributed by atoms with Crippen LogP contribution in [0, 0.1) is 0 Å². The molecule has 92 valence electrons. The Kier molecular flexibility index (Phi) is 4.03. The first-order valence-corrected chi connectivity index (χ1v) is 4.63. The normalized spacial score (nSPS) is 9.82. The first-order valence-electron chi connectivity index (χ1n) is 4.63. The summed E-state index contributed by atoms with van der Waals surface area (Å²) in [4.78, 5) is 22.0. The number of hydrogen-bond donors (Lipinski definition) is 1. The molecule has 0 saturated heterocycles. The van der Waals surface area contributed by atoms with Gasteiger partial charge in [0.05, 0.1) is 19.8 Å². The van der Waals surface area contributed by atoms with Gasteiger partial charge in [-0.2, -0.15) is 0 Å². The number of alkyl halides is 1. The number of rotatable bonds is 5. The molecule has 0 aliphatic rings. The number of carboxylic acids is 1. The van der Waals surface area contributed by atoms with Crippen LogP contribution in [0.15, 0.2) is 12.1 Å². The van der Waals surface area contributed by atoms with E-state index in [2.05, 4.69) is 0 Å². The summed E-state index contributed by atoms with van der Waals surface area (Å²) < 4.78 is 22.4. The fraction of sp³-hybridized carbons (Fsp3) is 0.273. The summed E-state index contributed by atoms with van der Waals surface area (Å²) in [5.74, 6) is -2.71. The van der Waals surface area contributed by atoms with E-state index in [1.54, 1.807) is 0 Å². The molecule has 0 bridgehead atoms. The number of carbonyl (C=O) groups is 2. The quantitative estimate of drug-likeness (QED) is 0.624. The lowest BCUT2D eigenvalue weighted by molar-refractivity contribution is -0.131. The molecule has 0 saturated carbocycles. The van der Waals surface area contributed by atoms with Gasteiger partial charge in [-0.25, -0.2) is 9.18 Å². The Morgan fingerprint density at radius 2 is 1.94 bits per heavy atom. The van der Waals surface area contributed by atoms with Crippen LogP contribution in [-0.4, -0.2) is 31.1 Å². The predicted molar refractivity (Wildman–Crippen MR) is 56.3 cm³/mol. The molecule has 0 fully saturated rings. The van der Waals surface area contributed by atoms with Crippen molar-refractivity contribution in [2.75, 3.05) is 14.2 Å². The van der Waals surface area contributed by atoms with Gasteiger partial charge in [0.1, 0.15) is 6.67 Å². The molecule has 0 amide bonds. The predicted octanol–water partition coefficient (Wildman–Crippen LogP) is 1.44. The van der Waals surface area contributed by atoms with Gasteiger partial charge in [-0.1, -0.05) is 0 Å². The van der Waals surface area contributed by atoms with Crippen molar-refractivity contribution in [2.45, 2.75) is 6.67 Å². The number of ether oxygens (including phenoxy) is 2. The third-order valence-electron chi connectivity index (χ3n) is 2.13. The van der Waals surface area contributed by atoms with Crippen LogP contribution in [0.5, 0.6) is 11.5 Å². The Morgan fingerprint density at radius 1 is 1.29 bits per heavy atom. The van der Waals surface area contributed by atoms with E-state index in [4.69, 9.17) is 14.6 Å². The van der Waals surface area contributed by atoms with Gasteiger partial charge < -0.3 is 14.6 Å². The molecule has 1 N–H and O–H groups in total. The fourth-order valence-corrected chi connectivity index (χ4v) is 1.38. The molecular weight excluding hydrogens is 231 g/mol. The molecule has 0 atom stereocenters. The molecule has 0 aliphatic heterocycles. The van der Waals surface area contributed by atoms with Crippen molar-refractivity contribution in [2.24, 2.45) is 0 Å². The van der Waals surface area contributed by atoms with Crippen molar-refractivity contribution in [1.82, 2.24) is 0 Å². The summed E-state index contributed by atoms with van der Waals surface area (Å²) in [5.41, 5.74) is -0.0840. The lowest BCUT2D eigenvalue weighted by Gasteiger charge is -2.12. The number of aliphatic carboxylic acids is 1. The van der Waals surface area contributed by atoms with Gasteiger partial charge in [0.15, 0.2) is 11.5 Å². The van der Waals surface area contributed by atoms with Crippen molar-refractivity contribution in [3.63, 3.8) is 0 Å². The van der Waals surface area contributed by atoms with Gasteiger partial charge in [-0.15, -0.1) is 0 Å². The highest BCUT2D eigenvalue weighted by Crippen LogP contribution is 2.33. The molecule has 0 unspecified atom stereocenters. The molecule has 0 aliphatic carbocycles. The van der Waals surface area contributed by atoms with Gasteiger partial charge in [-0.05, 0) is 17.7 Å². The van der Waals surface area contributed by atoms with Gasteiger partial charge in [0.25, 0.3) is 5.78 Å². The second-order valence-electron chi connectivity index (χ2n) is 3.15. The number of hydrogen-bond acceptors (Lipinski definition) is 4. The number of halogens is 1. The summed E-state index contributed by atoms with van der Waals surface area (Å²) in [6.07, 6.45) is 0. The Balaban J connectivity index is 3.44. The van der Waals surface area contributed by atoms with E-state index in [9.17, 15) is 14.0 Å². The molecule has 0 radical (unpaired) electrons. The molecule has 5 nitrogen and oxygen atoms in total. The van der Waals surface area contributed by atoms with Crippen LogP contribution in [0.2, 0.25) is 0 Å². The largest absolute Gasteiger partial charge is 0.493 e. The summed E-state index contributed by atoms with van der Waals surface area (Å²) >= 11 is 0. The van der Waals surface area contributed by atoms with Gasteiger partial charge in [-0.3, -0.25) is 4.79 Å². The van der Waals surface area contributed by atoms with Crippen molar-refractivity contribution in [3.05, 3.63) is 23.3 Å². The highest BCUT2D eigenvalue weighted by Gasteiger charge is 2.23. The molecule has 0 aromatic heterocycles. The second kappa shape index (κ2) is 5.29. The van der Waals surface area contributed by atoms with Gasteiger partial charge in [0.2, 0.25) is 0 Å². The monoisotopic (exact) mass is 242 g/mol. The molecule has 0 spiro atoms. The number of carbonyl (C=O) groups excluding carboxylic acids is 1. The first-order chi connectivity index (χ1) is 8.04. The number of methoxy groups -OCH3 is 2. The zero-order valence-corrected chi connectivity index (χ0v) is 9.32. The highest BCUT2D eigenvalue weighted by atomic mass is 19.1. The smallest absolute Gasteiger partial charge is 0.377 e. The summed E-state index contributed by atoms with van der Waals surface area (Å²) in [6.45, 7) is -0.833. The standard InChI is InChI=1S/C11H11FO5/c1-16-8-4-6(5-12)3-7(10(8)17-2)9(13)11(14)15/h3-4H,5H2,1-2H3,(H,14,15). The average molecular weight is 242 g/mol. The lowest BCUT2D eigenvalue weighted by atomic mass is 10.1. The van der Waals surface area contributed by atoms with Gasteiger partial charge in [0, 0.05) is 0 Å². The fourth-order valence-electron chi connectivity index (χ4n) is 1.38. The maximum absolute atomic E-state index is 12.6. The Labute approximate surface area is 96.8 Å². The van der Waals surface area contributed by atoms with Crippen LogP contribution in [0.4, 0.5) is 4.39 Å². The third kappa shape index (κ3) is 2.52. The van der Waals surface area contributed by atoms with E-state index in [1.165, 1.54) is 20.3 Å². The van der Waals surface area contributed by atoms with Crippen molar-refractivity contribution < 1.29 is 28.6 Å². The topological polar surface area (TPSA) is 72.8 Å². The zero-order valence-electron chi connectivity index (χ0n) is 9.32. The summed E-state index contributed by atoms with van der Waals surface area (Å²) in [6, 6.07) is 2.48. The van der Waals surface area contributed by atoms with Crippen LogP contribution in [-0.2, 0) is 11.5 Å². The molecule has 0 heterocycles. The average Bonchev–Trinajstić information content (AvgIpc) is 2.35. The Bertz CT molecular complexity index is 455. The summed E-state index contributed by atoms with van der Waals surface area (Å²) in [5, 5.41) is 8.64. The minimum Gasteiger partial charge on any atom is -0.493 e. The van der Waals surface area contributed by atoms with Crippen molar-refractivity contribution in [1.29, 1.82) is 0 Å². The Morgan fingerprint density at radius 3 is 2.35 bits per heavy atom. The van der Waals surface area contributed by atoms with E-state index in [1.807, 2.05) is 0 Å². The van der Waals surface area contributed by atoms with Crippen LogP contribution < -0.4 is 9.47 Å². The molecule has 1 aromatic carbocycles. The molecule has 1 aromatic rings. The van der Waals surface area contributed by atoms with Crippen molar-refractivity contribution >= 4 is 11.8 Å². The lowest BCUT2D eigenvalue weighted by Crippen LogP contribution is -2.14. The third-order valence-corrected chi connectivity index (χ3v) is 2.13. The molecular formula is C11H11FO5. The zero-order chi connectivity index (χ0) is 13.0. The molecule has 1 rings (SSSR count). The number of carboxylic acid groups (broad SMARTS) is 1. The van der Waals surface area contributed by atoms with Gasteiger partial charge >= 0.3 is 5.97 Å². The molecule has 6 heteroatoms. The Hall–Kier alpha value is -2.11. The van der Waals surface area contributed by atoms with E-state index < -0.39 is 18.4 Å². The SMILES string of the molecule is COc1cc(CF)cc(C(=O)C(=O)O)c1OC. The number of Topliss-reactive ketones (excluding diaryl/α,β-unsaturated/α-hetero) is 1. The van der Waals surface area contributed by atoms with E-state index in [-0.39, 0.29) is 22.6 Å². The van der Waals surface area contributed by atoms with Crippen LogP contribution in [0.1, 0.15) is 15.9 Å². The summed E-state index contributed by atoms with van der Waals surface area (Å²) in [7, 11) is 2.58. The minimum atomic E-state index is -1.64. The minimum absolute atomic E-state index is 0.0166. The van der Waals surface area contributed by atoms with Crippen LogP contribution in [0.25, 0.3) is 0 Å². The van der Waals surface area contributed by atoms with Crippen LogP contribution >= 0.6 is 0 Å². The van der Waals surface area contributed by atoms with E-state index in [0.717, 1.165) is 6.07 Å². The number of ketones is 1. The van der Waals surface area contributed by atoms with E-state index >= 15 is 0 Å². The van der Waals surface area contributed by atoms with E-state index in [0.29, 0.717) is 0 Å². The second-order valence-corrected chi connectivity index (χ2v) is 3.15. The number of benzene rings is 1. The van der Waals surface area contributed by atoms with Crippen molar-refractivity contribution in [3.8, 4) is 11.5 Å². The first kappa shape index (κ1) is 13.0. The van der Waals surface area contributed by atoms with Crippen LogP contribution in [0.3, 0.4) is 0 Å². The highest BCUT2D eigenvalue weighted by molar-refractivity contribution is 6.40.